The Balaban J connectivity index is 1.34. The number of hydrogen-bond donors (Lipinski definition) is 1. The first-order valence-corrected chi connectivity index (χ1v) is 9.75. The van der Waals surface area contributed by atoms with Gasteiger partial charge < -0.3 is 10.2 Å². The largest absolute Gasteiger partial charge is 0.349 e. The Morgan fingerprint density at radius 2 is 1.84 bits per heavy atom. The summed E-state index contributed by atoms with van der Waals surface area (Å²) < 4.78 is 0. The SMILES string of the molecule is O=C(CCCN1CCC(NC(=O)c2cccs2)CC1)c1ccccc1. The lowest BCUT2D eigenvalue weighted by Crippen LogP contribution is -2.44. The number of piperidine rings is 1. The average Bonchev–Trinajstić information content (AvgIpc) is 3.19. The van der Waals surface area contributed by atoms with Crippen LogP contribution in [0.5, 0.6) is 0 Å². The molecular weight excluding hydrogens is 332 g/mol. The predicted molar refractivity (Wildman–Crippen MR) is 101 cm³/mol. The maximum absolute atomic E-state index is 12.1. The lowest BCUT2D eigenvalue weighted by atomic mass is 10.0. The van der Waals surface area contributed by atoms with E-state index in [4.69, 9.17) is 0 Å². The number of nitrogens with one attached hydrogen (secondary N) is 1. The number of carbonyl (C=O) groups excluding carboxylic acids is 2. The number of benzene rings is 1. The first-order valence-electron chi connectivity index (χ1n) is 8.87. The van der Waals surface area contributed by atoms with Crippen LogP contribution in [-0.2, 0) is 0 Å². The van der Waals surface area contributed by atoms with Crippen LogP contribution in [0.4, 0.5) is 0 Å². The molecule has 132 valence electrons. The molecule has 1 saturated heterocycles. The number of Topliss-reactive ketones (excluding diaryl/α,β-unsaturated/α-hetero) is 1. The van der Waals surface area contributed by atoms with E-state index in [9.17, 15) is 9.59 Å². The lowest BCUT2D eigenvalue weighted by Gasteiger charge is -2.32. The van der Waals surface area contributed by atoms with E-state index in [0.29, 0.717) is 6.42 Å². The monoisotopic (exact) mass is 356 g/mol. The number of carbonyl (C=O) groups is 2. The van der Waals surface area contributed by atoms with Gasteiger partial charge in [-0.3, -0.25) is 9.59 Å². The van der Waals surface area contributed by atoms with Gasteiger partial charge in [0, 0.05) is 31.1 Å². The fourth-order valence-corrected chi connectivity index (χ4v) is 3.82. The van der Waals surface area contributed by atoms with Crippen LogP contribution in [0.15, 0.2) is 47.8 Å². The van der Waals surface area contributed by atoms with E-state index in [-0.39, 0.29) is 17.7 Å². The molecule has 0 saturated carbocycles. The molecule has 2 aromatic rings. The second-order valence-corrected chi connectivity index (χ2v) is 7.41. The fraction of sp³-hybridized carbons (Fsp3) is 0.400. The first kappa shape index (κ1) is 17.8. The third kappa shape index (κ3) is 5.25. The molecule has 0 spiro atoms. The molecule has 2 heterocycles. The van der Waals surface area contributed by atoms with Crippen LogP contribution in [-0.4, -0.2) is 42.3 Å². The van der Waals surface area contributed by atoms with Gasteiger partial charge >= 0.3 is 0 Å². The highest BCUT2D eigenvalue weighted by molar-refractivity contribution is 7.12. The number of rotatable bonds is 7. The van der Waals surface area contributed by atoms with Crippen molar-refractivity contribution in [2.75, 3.05) is 19.6 Å². The molecular formula is C20H24N2O2S. The topological polar surface area (TPSA) is 49.4 Å². The van der Waals surface area contributed by atoms with E-state index in [1.54, 1.807) is 0 Å². The number of likely N-dealkylation sites (tertiary alicyclic amines) is 1. The summed E-state index contributed by atoms with van der Waals surface area (Å²) >= 11 is 1.48. The van der Waals surface area contributed by atoms with Crippen molar-refractivity contribution in [1.82, 2.24) is 10.2 Å². The summed E-state index contributed by atoms with van der Waals surface area (Å²) in [5.74, 6) is 0.264. The normalized spacial score (nSPS) is 15.8. The van der Waals surface area contributed by atoms with Crippen molar-refractivity contribution in [2.45, 2.75) is 31.7 Å². The molecule has 0 radical (unpaired) electrons. The van der Waals surface area contributed by atoms with Crippen LogP contribution in [0.1, 0.15) is 45.7 Å². The molecule has 4 nitrogen and oxygen atoms in total. The second kappa shape index (κ2) is 8.92. The van der Waals surface area contributed by atoms with Crippen LogP contribution in [0.25, 0.3) is 0 Å². The third-order valence-corrected chi connectivity index (χ3v) is 5.51. The summed E-state index contributed by atoms with van der Waals surface area (Å²) in [6.07, 6.45) is 3.44. The maximum Gasteiger partial charge on any atom is 0.261 e. The van der Waals surface area contributed by atoms with Crippen molar-refractivity contribution in [3.8, 4) is 0 Å². The molecule has 0 unspecified atom stereocenters. The Morgan fingerprint density at radius 1 is 1.08 bits per heavy atom. The number of nitrogens with zero attached hydrogens (tertiary/aromatic N) is 1. The van der Waals surface area contributed by atoms with E-state index in [1.807, 2.05) is 47.8 Å². The van der Waals surface area contributed by atoms with E-state index in [1.165, 1.54) is 11.3 Å². The molecule has 0 aliphatic carbocycles. The van der Waals surface area contributed by atoms with Gasteiger partial charge in [-0.15, -0.1) is 11.3 Å². The third-order valence-electron chi connectivity index (χ3n) is 4.64. The van der Waals surface area contributed by atoms with Crippen molar-refractivity contribution in [3.63, 3.8) is 0 Å². The van der Waals surface area contributed by atoms with Crippen molar-refractivity contribution in [3.05, 3.63) is 58.3 Å². The average molecular weight is 356 g/mol. The van der Waals surface area contributed by atoms with E-state index in [2.05, 4.69) is 10.2 Å². The minimum absolute atomic E-state index is 0.0434. The van der Waals surface area contributed by atoms with Gasteiger partial charge in [0.2, 0.25) is 0 Å². The Hall–Kier alpha value is -1.98. The number of amides is 1. The molecule has 0 bridgehead atoms. The molecule has 1 fully saturated rings. The summed E-state index contributed by atoms with van der Waals surface area (Å²) in [4.78, 5) is 27.4. The molecule has 25 heavy (non-hydrogen) atoms. The molecule has 1 aliphatic rings. The van der Waals surface area contributed by atoms with Crippen molar-refractivity contribution < 1.29 is 9.59 Å². The van der Waals surface area contributed by atoms with Gasteiger partial charge in [0.05, 0.1) is 4.88 Å². The highest BCUT2D eigenvalue weighted by atomic mass is 32.1. The van der Waals surface area contributed by atoms with Crippen LogP contribution in [0.2, 0.25) is 0 Å². The Kier molecular flexibility index (Phi) is 6.36. The van der Waals surface area contributed by atoms with Crippen LogP contribution < -0.4 is 5.32 Å². The highest BCUT2D eigenvalue weighted by Crippen LogP contribution is 2.14. The van der Waals surface area contributed by atoms with Gasteiger partial charge in [-0.2, -0.15) is 0 Å². The number of ketones is 1. The molecule has 5 heteroatoms. The van der Waals surface area contributed by atoms with Crippen molar-refractivity contribution in [2.24, 2.45) is 0 Å². The summed E-state index contributed by atoms with van der Waals surface area (Å²) in [6.45, 7) is 2.91. The van der Waals surface area contributed by atoms with Crippen molar-refractivity contribution >= 4 is 23.0 Å². The minimum Gasteiger partial charge on any atom is -0.349 e. The molecule has 1 aliphatic heterocycles. The quantitative estimate of drug-likeness (QED) is 0.771. The standard InChI is InChI=1S/C20H24N2O2S/c23-18(16-6-2-1-3-7-16)8-4-12-22-13-10-17(11-14-22)21-20(24)19-9-5-15-25-19/h1-3,5-7,9,15,17H,4,8,10-14H2,(H,21,24). The predicted octanol–water partition coefficient (Wildman–Crippen LogP) is 3.61. The van der Waals surface area contributed by atoms with E-state index >= 15 is 0 Å². The minimum atomic E-state index is 0.0434. The fourth-order valence-electron chi connectivity index (χ4n) is 3.20. The molecule has 1 N–H and O–H groups in total. The van der Waals surface area contributed by atoms with Crippen LogP contribution >= 0.6 is 11.3 Å². The van der Waals surface area contributed by atoms with Crippen LogP contribution in [0, 0.1) is 0 Å². The molecule has 1 aromatic carbocycles. The van der Waals surface area contributed by atoms with Gasteiger partial charge in [-0.05, 0) is 37.3 Å². The Labute approximate surface area is 152 Å². The summed E-state index contributed by atoms with van der Waals surface area (Å²) in [7, 11) is 0. The van der Waals surface area contributed by atoms with Gasteiger partial charge in [-0.1, -0.05) is 36.4 Å². The molecule has 1 amide bonds. The van der Waals surface area contributed by atoms with Gasteiger partial charge in [0.25, 0.3) is 5.91 Å². The van der Waals surface area contributed by atoms with Gasteiger partial charge in [0.15, 0.2) is 5.78 Å². The maximum atomic E-state index is 12.1. The number of thiophene rings is 1. The molecule has 0 atom stereocenters. The number of hydrogen-bond acceptors (Lipinski definition) is 4. The first-order chi connectivity index (χ1) is 12.2. The summed E-state index contributed by atoms with van der Waals surface area (Å²) in [6, 6.07) is 13.5. The van der Waals surface area contributed by atoms with Crippen molar-refractivity contribution in [1.29, 1.82) is 0 Å². The second-order valence-electron chi connectivity index (χ2n) is 6.46. The Bertz CT molecular complexity index is 677. The lowest BCUT2D eigenvalue weighted by molar-refractivity contribution is 0.0907. The molecule has 3 rings (SSSR count). The zero-order valence-electron chi connectivity index (χ0n) is 14.3. The summed E-state index contributed by atoms with van der Waals surface area (Å²) in [5, 5.41) is 5.05. The zero-order valence-corrected chi connectivity index (χ0v) is 15.1. The van der Waals surface area contributed by atoms with Gasteiger partial charge in [0.1, 0.15) is 0 Å². The van der Waals surface area contributed by atoms with Crippen LogP contribution in [0.3, 0.4) is 0 Å². The molecule has 1 aromatic heterocycles. The Morgan fingerprint density at radius 3 is 2.52 bits per heavy atom. The van der Waals surface area contributed by atoms with E-state index in [0.717, 1.165) is 49.3 Å². The van der Waals surface area contributed by atoms with Gasteiger partial charge in [-0.25, -0.2) is 0 Å². The van der Waals surface area contributed by atoms with E-state index < -0.39 is 0 Å². The summed E-state index contributed by atoms with van der Waals surface area (Å²) in [5.41, 5.74) is 0.803. The smallest absolute Gasteiger partial charge is 0.261 e. The zero-order chi connectivity index (χ0) is 17.5. The highest BCUT2D eigenvalue weighted by Gasteiger charge is 2.21.